The molecule has 1 N–H and O–H groups in total. The zero-order chi connectivity index (χ0) is 16.3. The van der Waals surface area contributed by atoms with E-state index in [9.17, 15) is 18.0 Å². The first-order chi connectivity index (χ1) is 9.47. The van der Waals surface area contributed by atoms with E-state index in [1.807, 2.05) is 20.8 Å². The highest BCUT2D eigenvalue weighted by Gasteiger charge is 2.31. The Labute approximate surface area is 121 Å². The van der Waals surface area contributed by atoms with Gasteiger partial charge < -0.3 is 9.84 Å². The lowest BCUT2D eigenvalue weighted by molar-refractivity contribution is -0.274. The van der Waals surface area contributed by atoms with Crippen LogP contribution in [0.5, 0.6) is 5.75 Å². The molecule has 1 aromatic rings. The van der Waals surface area contributed by atoms with Gasteiger partial charge in [-0.25, -0.2) is 0 Å². The summed E-state index contributed by atoms with van der Waals surface area (Å²) in [5.74, 6) is -1.31. The van der Waals surface area contributed by atoms with E-state index in [1.54, 1.807) is 11.0 Å². The molecule has 7 heteroatoms. The average molecular weight is 305 g/mol. The fourth-order valence-corrected chi connectivity index (χ4v) is 1.75. The van der Waals surface area contributed by atoms with Gasteiger partial charge in [-0.05, 0) is 38.5 Å². The van der Waals surface area contributed by atoms with E-state index in [1.165, 1.54) is 18.2 Å². The van der Waals surface area contributed by atoms with Crippen molar-refractivity contribution >= 4 is 5.97 Å². The lowest BCUT2D eigenvalue weighted by atomic mass is 10.0. The molecule has 0 radical (unpaired) electrons. The third-order valence-electron chi connectivity index (χ3n) is 2.78. The van der Waals surface area contributed by atoms with E-state index >= 15 is 0 Å². The van der Waals surface area contributed by atoms with Crippen molar-refractivity contribution in [3.05, 3.63) is 29.8 Å². The van der Waals surface area contributed by atoms with Crippen molar-refractivity contribution in [2.45, 2.75) is 39.2 Å². The lowest BCUT2D eigenvalue weighted by Gasteiger charge is -2.34. The minimum Gasteiger partial charge on any atom is -0.480 e. The van der Waals surface area contributed by atoms with Crippen LogP contribution in [-0.4, -0.2) is 34.4 Å². The van der Waals surface area contributed by atoms with Crippen molar-refractivity contribution in [3.8, 4) is 5.75 Å². The number of hydrogen-bond acceptors (Lipinski definition) is 3. The predicted molar refractivity (Wildman–Crippen MR) is 70.9 cm³/mol. The van der Waals surface area contributed by atoms with Crippen molar-refractivity contribution in [1.82, 2.24) is 4.90 Å². The summed E-state index contributed by atoms with van der Waals surface area (Å²) in [6, 6.07) is 5.53. The van der Waals surface area contributed by atoms with Gasteiger partial charge in [-0.15, -0.1) is 13.2 Å². The largest absolute Gasteiger partial charge is 0.573 e. The molecule has 1 rings (SSSR count). The van der Waals surface area contributed by atoms with Crippen molar-refractivity contribution < 1.29 is 27.8 Å². The maximum absolute atomic E-state index is 12.2. The van der Waals surface area contributed by atoms with Crippen LogP contribution in [0.1, 0.15) is 26.3 Å². The Hall–Kier alpha value is -1.76. The fraction of sp³-hybridized carbons (Fsp3) is 0.500. The van der Waals surface area contributed by atoms with Crippen molar-refractivity contribution in [2.75, 3.05) is 6.54 Å². The van der Waals surface area contributed by atoms with Gasteiger partial charge in [0.15, 0.2) is 0 Å². The Bertz CT molecular complexity index is 495. The van der Waals surface area contributed by atoms with Crippen LogP contribution in [0.15, 0.2) is 24.3 Å². The summed E-state index contributed by atoms with van der Waals surface area (Å²) in [4.78, 5) is 12.5. The van der Waals surface area contributed by atoms with Crippen LogP contribution >= 0.6 is 0 Å². The Morgan fingerprint density at radius 2 is 1.90 bits per heavy atom. The maximum atomic E-state index is 12.2. The van der Waals surface area contributed by atoms with Gasteiger partial charge in [0.2, 0.25) is 0 Å². The second kappa shape index (κ2) is 6.34. The van der Waals surface area contributed by atoms with Crippen LogP contribution in [-0.2, 0) is 11.3 Å². The van der Waals surface area contributed by atoms with E-state index in [4.69, 9.17) is 5.11 Å². The number of benzene rings is 1. The molecule has 0 aliphatic rings. The second-order valence-electron chi connectivity index (χ2n) is 5.62. The van der Waals surface area contributed by atoms with Crippen molar-refractivity contribution in [1.29, 1.82) is 0 Å². The zero-order valence-electron chi connectivity index (χ0n) is 12.1. The van der Waals surface area contributed by atoms with Gasteiger partial charge in [-0.2, -0.15) is 0 Å². The molecule has 0 fully saturated rings. The molecular weight excluding hydrogens is 287 g/mol. The van der Waals surface area contributed by atoms with Gasteiger partial charge in [0, 0.05) is 12.1 Å². The minimum atomic E-state index is -4.75. The van der Waals surface area contributed by atoms with Gasteiger partial charge in [0.05, 0.1) is 6.54 Å². The minimum absolute atomic E-state index is 0.201. The molecular formula is C14H18F3NO3. The summed E-state index contributed by atoms with van der Waals surface area (Å²) in [7, 11) is 0. The standard InChI is InChI=1S/C14H18F3NO3/c1-13(2,3)18(9-12(19)20)8-10-5-4-6-11(7-10)21-14(15,16)17/h4-7H,8-9H2,1-3H3,(H,19,20). The van der Waals surface area contributed by atoms with Crippen LogP contribution in [0.25, 0.3) is 0 Å². The summed E-state index contributed by atoms with van der Waals surface area (Å²) in [6.45, 7) is 5.53. The van der Waals surface area contributed by atoms with Crippen LogP contribution in [0.4, 0.5) is 13.2 Å². The molecule has 118 valence electrons. The number of hydrogen-bond donors (Lipinski definition) is 1. The number of alkyl halides is 3. The Morgan fingerprint density at radius 1 is 1.29 bits per heavy atom. The molecule has 0 heterocycles. The number of carbonyl (C=O) groups is 1. The Morgan fingerprint density at radius 3 is 2.38 bits per heavy atom. The van der Waals surface area contributed by atoms with E-state index in [2.05, 4.69) is 4.74 Å². The average Bonchev–Trinajstić information content (AvgIpc) is 2.24. The SMILES string of the molecule is CC(C)(C)N(CC(=O)O)Cc1cccc(OC(F)(F)F)c1. The number of halogens is 3. The molecule has 0 amide bonds. The first-order valence-electron chi connectivity index (χ1n) is 6.29. The third-order valence-corrected chi connectivity index (χ3v) is 2.78. The summed E-state index contributed by atoms with van der Waals surface area (Å²) in [6.07, 6.45) is -4.75. The number of carboxylic acid groups (broad SMARTS) is 1. The number of nitrogens with zero attached hydrogens (tertiary/aromatic N) is 1. The van der Waals surface area contributed by atoms with Crippen molar-refractivity contribution in [2.24, 2.45) is 0 Å². The molecule has 0 atom stereocenters. The molecule has 0 aliphatic carbocycles. The molecule has 0 spiro atoms. The number of carboxylic acids is 1. The second-order valence-corrected chi connectivity index (χ2v) is 5.62. The van der Waals surface area contributed by atoms with Gasteiger partial charge in [-0.1, -0.05) is 12.1 Å². The third kappa shape index (κ3) is 6.48. The Balaban J connectivity index is 2.89. The molecule has 21 heavy (non-hydrogen) atoms. The quantitative estimate of drug-likeness (QED) is 0.907. The molecule has 0 saturated heterocycles. The fourth-order valence-electron chi connectivity index (χ4n) is 1.75. The summed E-state index contributed by atoms with van der Waals surface area (Å²) in [5, 5.41) is 8.92. The lowest BCUT2D eigenvalue weighted by Crippen LogP contribution is -2.43. The predicted octanol–water partition coefficient (Wildman–Crippen LogP) is 3.27. The zero-order valence-corrected chi connectivity index (χ0v) is 12.1. The molecule has 0 aliphatic heterocycles. The molecule has 0 bridgehead atoms. The van der Waals surface area contributed by atoms with Gasteiger partial charge in [0.1, 0.15) is 5.75 Å². The molecule has 0 aromatic heterocycles. The van der Waals surface area contributed by atoms with Gasteiger partial charge in [-0.3, -0.25) is 9.69 Å². The number of aliphatic carboxylic acids is 1. The Kier molecular flexibility index (Phi) is 5.22. The van der Waals surface area contributed by atoms with E-state index in [0.29, 0.717) is 5.56 Å². The monoisotopic (exact) mass is 305 g/mol. The van der Waals surface area contributed by atoms with E-state index < -0.39 is 17.9 Å². The topological polar surface area (TPSA) is 49.8 Å². The number of ether oxygens (including phenoxy) is 1. The first-order valence-corrected chi connectivity index (χ1v) is 6.29. The highest BCUT2D eigenvalue weighted by atomic mass is 19.4. The number of rotatable bonds is 5. The first kappa shape index (κ1) is 17.3. The molecule has 0 saturated carbocycles. The maximum Gasteiger partial charge on any atom is 0.573 e. The van der Waals surface area contributed by atoms with Crippen LogP contribution < -0.4 is 4.74 Å². The normalized spacial score (nSPS) is 12.5. The van der Waals surface area contributed by atoms with Gasteiger partial charge in [0.25, 0.3) is 0 Å². The smallest absolute Gasteiger partial charge is 0.480 e. The van der Waals surface area contributed by atoms with Crippen LogP contribution in [0.2, 0.25) is 0 Å². The molecule has 1 aromatic carbocycles. The van der Waals surface area contributed by atoms with E-state index in [-0.39, 0.29) is 18.8 Å². The van der Waals surface area contributed by atoms with Crippen LogP contribution in [0.3, 0.4) is 0 Å². The molecule has 0 unspecified atom stereocenters. The highest BCUT2D eigenvalue weighted by Crippen LogP contribution is 2.25. The van der Waals surface area contributed by atoms with Crippen molar-refractivity contribution in [3.63, 3.8) is 0 Å². The highest BCUT2D eigenvalue weighted by molar-refractivity contribution is 5.69. The summed E-state index contributed by atoms with van der Waals surface area (Å²) in [5.41, 5.74) is 0.118. The van der Waals surface area contributed by atoms with Crippen LogP contribution in [0, 0.1) is 0 Å². The molecule has 4 nitrogen and oxygen atoms in total. The summed E-state index contributed by atoms with van der Waals surface area (Å²) < 4.78 is 40.4. The van der Waals surface area contributed by atoms with Gasteiger partial charge >= 0.3 is 12.3 Å². The van der Waals surface area contributed by atoms with E-state index in [0.717, 1.165) is 0 Å². The summed E-state index contributed by atoms with van der Waals surface area (Å²) >= 11 is 0.